The highest BCUT2D eigenvalue weighted by molar-refractivity contribution is 5.98. The number of rotatable bonds is 4. The van der Waals surface area contributed by atoms with Crippen molar-refractivity contribution in [1.82, 2.24) is 4.90 Å². The Balaban J connectivity index is 1.60. The number of likely N-dealkylation sites (tertiary alicyclic amines) is 1. The van der Waals surface area contributed by atoms with Gasteiger partial charge in [0, 0.05) is 19.4 Å². The molecule has 1 aromatic rings. The van der Waals surface area contributed by atoms with E-state index in [0.717, 1.165) is 37.0 Å². The van der Waals surface area contributed by atoms with Crippen molar-refractivity contribution >= 4 is 11.8 Å². The molecule has 2 amide bonds. The molecule has 0 unspecified atom stereocenters. The molecule has 2 aliphatic rings. The standard InChI is InChI=1S/C19H25NO3/c1-23-16-7-5-15(6-8-16)9-12-20-17(21)13-19(14-18(20)22)10-3-2-4-11-19/h5-8H,2-4,9-14H2,1H3. The number of nitrogens with zero attached hydrogens (tertiary/aromatic N) is 1. The first-order valence-electron chi connectivity index (χ1n) is 8.58. The van der Waals surface area contributed by atoms with Gasteiger partial charge >= 0.3 is 0 Å². The van der Waals surface area contributed by atoms with Crippen LogP contribution in [0.15, 0.2) is 24.3 Å². The minimum Gasteiger partial charge on any atom is -0.497 e. The molecule has 0 aromatic heterocycles. The monoisotopic (exact) mass is 315 g/mol. The summed E-state index contributed by atoms with van der Waals surface area (Å²) in [4.78, 5) is 26.4. The van der Waals surface area contributed by atoms with Crippen molar-refractivity contribution in [2.45, 2.75) is 51.4 Å². The fraction of sp³-hybridized carbons (Fsp3) is 0.579. The summed E-state index contributed by atoms with van der Waals surface area (Å²) >= 11 is 0. The molecular weight excluding hydrogens is 290 g/mol. The lowest BCUT2D eigenvalue weighted by Crippen LogP contribution is -2.49. The summed E-state index contributed by atoms with van der Waals surface area (Å²) in [6.07, 6.45) is 7.45. The van der Waals surface area contributed by atoms with Gasteiger partial charge in [-0.15, -0.1) is 0 Å². The highest BCUT2D eigenvalue weighted by Crippen LogP contribution is 2.45. The van der Waals surface area contributed by atoms with E-state index >= 15 is 0 Å². The number of hydrogen-bond donors (Lipinski definition) is 0. The van der Waals surface area contributed by atoms with E-state index in [9.17, 15) is 9.59 Å². The maximum Gasteiger partial charge on any atom is 0.229 e. The van der Waals surface area contributed by atoms with Crippen molar-refractivity contribution in [2.24, 2.45) is 5.41 Å². The molecule has 124 valence electrons. The number of methoxy groups -OCH3 is 1. The van der Waals surface area contributed by atoms with Gasteiger partial charge in [0.25, 0.3) is 0 Å². The summed E-state index contributed by atoms with van der Waals surface area (Å²) in [5.74, 6) is 0.867. The second-order valence-electron chi connectivity index (χ2n) is 6.95. The van der Waals surface area contributed by atoms with Crippen LogP contribution in [0.2, 0.25) is 0 Å². The minimum atomic E-state index is -0.0248. The fourth-order valence-electron chi connectivity index (χ4n) is 3.97. The van der Waals surface area contributed by atoms with E-state index < -0.39 is 0 Å². The van der Waals surface area contributed by atoms with Crippen molar-refractivity contribution in [3.63, 3.8) is 0 Å². The highest BCUT2D eigenvalue weighted by atomic mass is 16.5. The van der Waals surface area contributed by atoms with Gasteiger partial charge in [-0.25, -0.2) is 0 Å². The van der Waals surface area contributed by atoms with E-state index in [2.05, 4.69) is 0 Å². The molecule has 1 aliphatic carbocycles. The second kappa shape index (κ2) is 6.73. The van der Waals surface area contributed by atoms with Crippen LogP contribution in [0.1, 0.15) is 50.5 Å². The van der Waals surface area contributed by atoms with Gasteiger partial charge in [-0.05, 0) is 42.4 Å². The number of ether oxygens (including phenoxy) is 1. The third kappa shape index (κ3) is 3.57. The quantitative estimate of drug-likeness (QED) is 0.801. The van der Waals surface area contributed by atoms with Crippen molar-refractivity contribution in [3.8, 4) is 5.75 Å². The molecule has 4 nitrogen and oxygen atoms in total. The molecule has 1 heterocycles. The molecule has 1 spiro atoms. The lowest BCUT2D eigenvalue weighted by Gasteiger charge is -2.42. The summed E-state index contributed by atoms with van der Waals surface area (Å²) < 4.78 is 5.14. The van der Waals surface area contributed by atoms with E-state index in [0.29, 0.717) is 25.8 Å². The topological polar surface area (TPSA) is 46.6 Å². The SMILES string of the molecule is COc1ccc(CCN2C(=O)CC3(CCCCC3)CC2=O)cc1. The first-order valence-corrected chi connectivity index (χ1v) is 8.58. The molecule has 1 aliphatic heterocycles. The molecule has 0 radical (unpaired) electrons. The second-order valence-corrected chi connectivity index (χ2v) is 6.95. The molecule has 4 heteroatoms. The molecule has 0 bridgehead atoms. The van der Waals surface area contributed by atoms with Crippen molar-refractivity contribution in [1.29, 1.82) is 0 Å². The predicted molar refractivity (Wildman–Crippen MR) is 88.2 cm³/mol. The highest BCUT2D eigenvalue weighted by Gasteiger charge is 2.43. The molecular formula is C19H25NO3. The Kier molecular flexibility index (Phi) is 4.69. The molecule has 2 fully saturated rings. The average Bonchev–Trinajstić information content (AvgIpc) is 2.55. The fourth-order valence-corrected chi connectivity index (χ4v) is 3.97. The van der Waals surface area contributed by atoms with Gasteiger partial charge in [0.2, 0.25) is 11.8 Å². The third-order valence-corrected chi connectivity index (χ3v) is 5.35. The summed E-state index contributed by atoms with van der Waals surface area (Å²) in [6.45, 7) is 0.486. The lowest BCUT2D eigenvalue weighted by molar-refractivity contribution is -0.154. The van der Waals surface area contributed by atoms with Crippen LogP contribution in [0.4, 0.5) is 0 Å². The van der Waals surface area contributed by atoms with Crippen LogP contribution in [-0.4, -0.2) is 30.4 Å². The van der Waals surface area contributed by atoms with Gasteiger partial charge in [0.1, 0.15) is 5.75 Å². The van der Waals surface area contributed by atoms with Gasteiger partial charge in [-0.2, -0.15) is 0 Å². The molecule has 1 saturated carbocycles. The van der Waals surface area contributed by atoms with Crippen LogP contribution in [-0.2, 0) is 16.0 Å². The number of piperidine rings is 1. The zero-order valence-electron chi connectivity index (χ0n) is 13.8. The Hall–Kier alpha value is -1.84. The molecule has 0 atom stereocenters. The van der Waals surface area contributed by atoms with Gasteiger partial charge in [-0.3, -0.25) is 14.5 Å². The van der Waals surface area contributed by atoms with Crippen molar-refractivity contribution < 1.29 is 14.3 Å². The summed E-state index contributed by atoms with van der Waals surface area (Å²) in [7, 11) is 1.64. The Morgan fingerprint density at radius 1 is 1.00 bits per heavy atom. The van der Waals surface area contributed by atoms with Crippen LogP contribution in [0.25, 0.3) is 0 Å². The molecule has 23 heavy (non-hydrogen) atoms. The first kappa shape index (κ1) is 16.0. The zero-order valence-corrected chi connectivity index (χ0v) is 13.8. The summed E-state index contributed by atoms with van der Waals surface area (Å²) in [6, 6.07) is 7.79. The first-order chi connectivity index (χ1) is 11.1. The third-order valence-electron chi connectivity index (χ3n) is 5.35. The zero-order chi connectivity index (χ0) is 16.3. The van der Waals surface area contributed by atoms with Gasteiger partial charge in [0.15, 0.2) is 0 Å². The Morgan fingerprint density at radius 3 is 2.17 bits per heavy atom. The van der Waals surface area contributed by atoms with E-state index in [1.165, 1.54) is 11.3 Å². The molecule has 3 rings (SSSR count). The van der Waals surface area contributed by atoms with Crippen LogP contribution in [0.3, 0.4) is 0 Å². The number of amides is 2. The minimum absolute atomic E-state index is 0.0247. The van der Waals surface area contributed by atoms with E-state index in [-0.39, 0.29) is 17.2 Å². The number of carbonyl (C=O) groups is 2. The lowest BCUT2D eigenvalue weighted by atomic mass is 9.67. The normalized spacial score (nSPS) is 20.8. The Bertz CT molecular complexity index is 553. The number of carbonyl (C=O) groups excluding carboxylic acids is 2. The number of benzene rings is 1. The van der Waals surface area contributed by atoms with Crippen LogP contribution < -0.4 is 4.74 Å². The molecule has 1 saturated heterocycles. The number of hydrogen-bond acceptors (Lipinski definition) is 3. The van der Waals surface area contributed by atoms with Gasteiger partial charge in [-0.1, -0.05) is 31.4 Å². The Morgan fingerprint density at radius 2 is 1.61 bits per heavy atom. The van der Waals surface area contributed by atoms with E-state index in [1.807, 2.05) is 24.3 Å². The van der Waals surface area contributed by atoms with Crippen LogP contribution in [0.5, 0.6) is 5.75 Å². The largest absolute Gasteiger partial charge is 0.497 e. The van der Waals surface area contributed by atoms with Gasteiger partial charge in [0.05, 0.1) is 7.11 Å². The number of imide groups is 1. The average molecular weight is 315 g/mol. The van der Waals surface area contributed by atoms with Crippen molar-refractivity contribution in [2.75, 3.05) is 13.7 Å². The molecule has 0 N–H and O–H groups in total. The summed E-state index contributed by atoms with van der Waals surface area (Å²) in [5, 5.41) is 0. The van der Waals surface area contributed by atoms with Crippen LogP contribution in [0, 0.1) is 5.41 Å². The van der Waals surface area contributed by atoms with Gasteiger partial charge < -0.3 is 4.74 Å². The smallest absolute Gasteiger partial charge is 0.229 e. The predicted octanol–water partition coefficient (Wildman–Crippen LogP) is 3.34. The van der Waals surface area contributed by atoms with Crippen molar-refractivity contribution in [3.05, 3.63) is 29.8 Å². The maximum absolute atomic E-state index is 12.5. The van der Waals surface area contributed by atoms with E-state index in [1.54, 1.807) is 7.11 Å². The Labute approximate surface area is 137 Å². The van der Waals surface area contributed by atoms with E-state index in [4.69, 9.17) is 4.74 Å². The van der Waals surface area contributed by atoms with Crippen LogP contribution >= 0.6 is 0 Å². The molecule has 1 aromatic carbocycles. The maximum atomic E-state index is 12.5. The summed E-state index contributed by atoms with van der Waals surface area (Å²) in [5.41, 5.74) is 1.09.